The number of rotatable bonds is 10. The number of phenols is 1. The van der Waals surface area contributed by atoms with Crippen molar-refractivity contribution in [1.29, 1.82) is 0 Å². The number of aryl methyl sites for hydroxylation is 1. The maximum atomic E-state index is 11.8. The van der Waals surface area contributed by atoms with Gasteiger partial charge < -0.3 is 30.6 Å². The summed E-state index contributed by atoms with van der Waals surface area (Å²) in [7, 11) is -4.69. The van der Waals surface area contributed by atoms with Gasteiger partial charge in [-0.15, -0.1) is 11.4 Å². The van der Waals surface area contributed by atoms with Crippen LogP contribution in [-0.2, 0) is 20.4 Å². The van der Waals surface area contributed by atoms with E-state index in [0.717, 1.165) is 0 Å². The molecule has 1 aromatic heterocycles. The predicted octanol–water partition coefficient (Wildman–Crippen LogP) is 1.96. The number of phosphoric acid groups is 1. The van der Waals surface area contributed by atoms with E-state index in [-0.39, 0.29) is 47.5 Å². The number of hydrogen-bond donors (Lipinski definition) is 6. The van der Waals surface area contributed by atoms with E-state index in [4.69, 9.17) is 15.5 Å². The lowest BCUT2D eigenvalue weighted by Crippen LogP contribution is -2.22. The number of aliphatic hydroxyl groups is 1. The number of carbonyl (C=O) groups excluding carboxylic acids is 1. The first-order valence-corrected chi connectivity index (χ1v) is 11.7. The number of phenolic OH excluding ortho intramolecular Hbond substituents is 1. The van der Waals surface area contributed by atoms with Crippen molar-refractivity contribution >= 4 is 36.5 Å². The molecular weight excluding hydrogens is 459 g/mol. The van der Waals surface area contributed by atoms with Gasteiger partial charge in [0.1, 0.15) is 22.4 Å². The number of aliphatic hydroxyl groups excluding tert-OH is 1. The van der Waals surface area contributed by atoms with E-state index in [2.05, 4.69) is 14.5 Å². The minimum absolute atomic E-state index is 0.0187. The van der Waals surface area contributed by atoms with E-state index in [9.17, 15) is 19.6 Å². The number of carbonyl (C=O) groups is 1. The number of benzene rings is 1. The third-order valence-corrected chi connectivity index (χ3v) is 6.11. The topological polar surface area (TPSA) is 179 Å². The zero-order valence-corrected chi connectivity index (χ0v) is 19.2. The fourth-order valence-electron chi connectivity index (χ4n) is 2.60. The van der Waals surface area contributed by atoms with Crippen LogP contribution in [0.5, 0.6) is 5.75 Å². The number of phosphoric ester groups is 1. The van der Waals surface area contributed by atoms with Crippen LogP contribution in [0.4, 0.5) is 5.82 Å². The van der Waals surface area contributed by atoms with Gasteiger partial charge in [0.05, 0.1) is 13.2 Å². The predicted molar refractivity (Wildman–Crippen MR) is 122 cm³/mol. The van der Waals surface area contributed by atoms with Gasteiger partial charge >= 0.3 is 7.82 Å². The number of nitrogen functional groups attached to an aromatic ring is 1. The zero-order chi connectivity index (χ0) is 23.9. The minimum Gasteiger partial charge on any atom is -0.508 e. The van der Waals surface area contributed by atoms with Crippen LogP contribution in [0.2, 0.25) is 0 Å². The van der Waals surface area contributed by atoms with Crippen molar-refractivity contribution < 1.29 is 33.9 Å². The number of nitrogens with two attached hydrogens (primary N) is 1. The molecule has 0 bridgehead atoms. The molecule has 0 atom stereocenters. The summed E-state index contributed by atoms with van der Waals surface area (Å²) >= 11 is 0.284. The first kappa shape index (κ1) is 25.7. The quantitative estimate of drug-likeness (QED) is 0.126. The number of aromatic nitrogens is 2. The van der Waals surface area contributed by atoms with E-state index in [1.165, 1.54) is 35.4 Å². The van der Waals surface area contributed by atoms with Gasteiger partial charge in [0, 0.05) is 34.3 Å². The molecule has 0 spiro atoms. The van der Waals surface area contributed by atoms with Gasteiger partial charge in [-0.2, -0.15) is 0 Å². The van der Waals surface area contributed by atoms with Gasteiger partial charge in [-0.3, -0.25) is 9.32 Å². The number of allylic oxidation sites excluding steroid dienone is 1. The summed E-state index contributed by atoms with van der Waals surface area (Å²) in [6.07, 6.45) is 2.10. The average molecular weight is 484 g/mol. The summed E-state index contributed by atoms with van der Waals surface area (Å²) in [4.78, 5) is 39.7. The Balaban J connectivity index is 2.40. The molecule has 0 aliphatic heterocycles. The Hall–Kier alpha value is -2.60. The summed E-state index contributed by atoms with van der Waals surface area (Å²) in [5.74, 6) is 0.739. The van der Waals surface area contributed by atoms with Crippen LogP contribution in [0.3, 0.4) is 0 Å². The van der Waals surface area contributed by atoms with Gasteiger partial charge in [0.15, 0.2) is 0 Å². The van der Waals surface area contributed by atoms with Crippen LogP contribution in [0, 0.1) is 6.92 Å². The third kappa shape index (κ3) is 7.83. The van der Waals surface area contributed by atoms with Crippen molar-refractivity contribution in [2.24, 2.45) is 0 Å². The molecule has 2 aromatic rings. The normalized spacial score (nSPS) is 13.2. The molecule has 0 aliphatic rings. The summed E-state index contributed by atoms with van der Waals surface area (Å²) in [5.41, 5.74) is 7.29. The molecule has 0 radical (unpaired) electrons. The highest BCUT2D eigenvalue weighted by molar-refractivity contribution is 8.02. The molecule has 0 aliphatic carbocycles. The maximum Gasteiger partial charge on any atom is 0.469 e. The average Bonchev–Trinajstić information content (AvgIpc) is 2.71. The lowest BCUT2D eigenvalue weighted by molar-refractivity contribution is -0.116. The summed E-state index contributed by atoms with van der Waals surface area (Å²) in [5, 5.41) is 19.9. The largest absolute Gasteiger partial charge is 0.508 e. The van der Waals surface area contributed by atoms with Gasteiger partial charge in [0.25, 0.3) is 0 Å². The molecule has 0 unspecified atom stereocenters. The highest BCUT2D eigenvalue weighted by Gasteiger charge is 2.17. The molecular formula is C19H25N4O7PS. The smallest absolute Gasteiger partial charge is 0.469 e. The van der Waals surface area contributed by atoms with E-state index in [1.807, 2.05) is 0 Å². The van der Waals surface area contributed by atoms with Gasteiger partial charge in [-0.1, -0.05) is 0 Å². The Bertz CT molecular complexity index is 1070. The molecule has 0 saturated carbocycles. The third-order valence-electron chi connectivity index (χ3n) is 4.30. The number of anilines is 1. The minimum atomic E-state index is -4.69. The van der Waals surface area contributed by atoms with Crippen LogP contribution in [-0.4, -0.2) is 52.9 Å². The highest BCUT2D eigenvalue weighted by Crippen LogP contribution is 2.36. The maximum absolute atomic E-state index is 11.8. The van der Waals surface area contributed by atoms with Crippen molar-refractivity contribution in [3.63, 3.8) is 0 Å². The molecule has 2 rings (SSSR count). The van der Waals surface area contributed by atoms with Crippen molar-refractivity contribution in [2.75, 3.05) is 12.3 Å². The first-order chi connectivity index (χ1) is 15.0. The van der Waals surface area contributed by atoms with Crippen LogP contribution in [0.1, 0.15) is 30.3 Å². The number of hydrogen-bond acceptors (Lipinski definition) is 7. The summed E-state index contributed by atoms with van der Waals surface area (Å²) in [6.45, 7) is 3.03. The van der Waals surface area contributed by atoms with E-state index < -0.39 is 7.82 Å². The number of thiol groups is 1. The molecule has 1 heterocycles. The Labute approximate surface area is 188 Å². The number of aromatic hydroxyl groups is 1. The molecule has 0 saturated heterocycles. The van der Waals surface area contributed by atoms with Crippen LogP contribution in [0.15, 0.2) is 41.1 Å². The van der Waals surface area contributed by atoms with Crippen molar-refractivity contribution in [3.8, 4) is 5.75 Å². The number of nitrogens with zero attached hydrogens (tertiary/aromatic N) is 3. The summed E-state index contributed by atoms with van der Waals surface area (Å²) in [6, 6.07) is 5.84. The second-order valence-corrected chi connectivity index (χ2v) is 9.08. The Morgan fingerprint density at radius 2 is 1.97 bits per heavy atom. The van der Waals surface area contributed by atoms with E-state index in [1.54, 1.807) is 13.8 Å². The Kier molecular flexibility index (Phi) is 9.08. The van der Waals surface area contributed by atoms with E-state index >= 15 is 0 Å². The molecule has 6 N–H and O–H groups in total. The van der Waals surface area contributed by atoms with Crippen LogP contribution in [0.25, 0.3) is 0 Å². The fraction of sp³-hybridized carbons (Fsp3) is 0.263. The lowest BCUT2D eigenvalue weighted by Gasteiger charge is -2.22. The SMILES string of the molecule is C/C(=C(CCOP(=O)(O)O)/[SH]=C(\O)c1ccc(O)cc1)N(C=O)Cc1cnc(C)nc1N. The molecule has 1 amide bonds. The fourth-order valence-corrected chi connectivity index (χ4v) is 3.96. The van der Waals surface area contributed by atoms with Crippen molar-refractivity contribution in [1.82, 2.24) is 14.9 Å². The first-order valence-electron chi connectivity index (χ1n) is 9.27. The monoisotopic (exact) mass is 484 g/mol. The van der Waals surface area contributed by atoms with Crippen LogP contribution < -0.4 is 5.73 Å². The standard InChI is InChI=1S/C19H25N4O7PS/c1-12(23(11-24)10-15-9-21-13(2)22-18(15)20)17(7-8-30-31(27,28)29)32-19(26)14-3-5-16(25)6-4-14/h3-6,9,11,25-26,32H,7-8,10H2,1-2H3,(H2,20,21,22)(H2,27,28,29)/b17-12-. The zero-order valence-electron chi connectivity index (χ0n) is 17.4. The molecule has 0 fully saturated rings. The highest BCUT2D eigenvalue weighted by atomic mass is 32.1. The summed E-state index contributed by atoms with van der Waals surface area (Å²) < 4.78 is 15.6. The van der Waals surface area contributed by atoms with Gasteiger partial charge in [0.2, 0.25) is 6.41 Å². The van der Waals surface area contributed by atoms with Crippen molar-refractivity contribution in [3.05, 3.63) is 58.0 Å². The van der Waals surface area contributed by atoms with Crippen molar-refractivity contribution in [2.45, 2.75) is 26.8 Å². The van der Waals surface area contributed by atoms with E-state index in [0.29, 0.717) is 34.0 Å². The molecule has 11 nitrogen and oxygen atoms in total. The Morgan fingerprint density at radius 3 is 2.53 bits per heavy atom. The molecule has 174 valence electrons. The van der Waals surface area contributed by atoms with Gasteiger partial charge in [-0.05, 0) is 38.1 Å². The second kappa shape index (κ2) is 11.3. The molecule has 1 aromatic carbocycles. The van der Waals surface area contributed by atoms with Gasteiger partial charge in [-0.25, -0.2) is 14.5 Å². The lowest BCUT2D eigenvalue weighted by atomic mass is 10.2. The number of amides is 1. The molecule has 32 heavy (non-hydrogen) atoms. The molecule has 13 heteroatoms. The Morgan fingerprint density at radius 1 is 1.31 bits per heavy atom. The second-order valence-electron chi connectivity index (χ2n) is 6.65. The van der Waals surface area contributed by atoms with Crippen LogP contribution >= 0.6 is 19.2 Å².